The number of hydrogen-bond acceptors (Lipinski definition) is 1. The minimum Gasteiger partial charge on any atom is -0.255 e. The summed E-state index contributed by atoms with van der Waals surface area (Å²) in [6.45, 7) is 3.56. The lowest BCUT2D eigenvalue weighted by Gasteiger charge is -2.07. The van der Waals surface area contributed by atoms with Gasteiger partial charge in [0, 0.05) is 28.0 Å². The maximum absolute atomic E-state index is 12.7. The number of rotatable bonds is 3. The predicted molar refractivity (Wildman–Crippen MR) is 89.6 cm³/mol. The van der Waals surface area contributed by atoms with Gasteiger partial charge in [-0.2, -0.15) is 8.39 Å². The van der Waals surface area contributed by atoms with Gasteiger partial charge in [-0.1, -0.05) is 36.9 Å². The molecule has 4 heteroatoms. The molecule has 0 N–H and O–H groups in total. The molecule has 2 aromatic carbocycles. The third-order valence-corrected chi connectivity index (χ3v) is 4.06. The number of hydrogen-bond donors (Lipinski definition) is 0. The minimum absolute atomic E-state index is 0.0883. The van der Waals surface area contributed by atoms with Crippen LogP contribution >= 0.6 is 8.54 Å². The molecule has 1 aromatic heterocycles. The zero-order chi connectivity index (χ0) is 15.5. The van der Waals surface area contributed by atoms with Crippen LogP contribution in [0, 0.1) is 0 Å². The summed E-state index contributed by atoms with van der Waals surface area (Å²) in [4.78, 5) is 4.49. The molecule has 108 valence electrons. The summed E-state index contributed by atoms with van der Waals surface area (Å²) < 4.78 is 25.4. The number of pyridine rings is 1. The molecular formula is C18H12F2NP. The Morgan fingerprint density at radius 2 is 1.86 bits per heavy atom. The van der Waals surface area contributed by atoms with Gasteiger partial charge in [-0.3, -0.25) is 4.98 Å². The molecule has 1 nitrogen and oxygen atoms in total. The summed E-state index contributed by atoms with van der Waals surface area (Å²) >= 11 is 0. The van der Waals surface area contributed by atoms with Gasteiger partial charge in [0.1, 0.15) is 0 Å². The number of halogens is 2. The largest absolute Gasteiger partial charge is 0.298 e. The van der Waals surface area contributed by atoms with Gasteiger partial charge in [-0.25, -0.2) is 0 Å². The van der Waals surface area contributed by atoms with Crippen LogP contribution in [0.25, 0.3) is 28.1 Å². The van der Waals surface area contributed by atoms with Crippen LogP contribution in [0.2, 0.25) is 0 Å². The van der Waals surface area contributed by atoms with Crippen LogP contribution in [0.5, 0.6) is 0 Å². The highest BCUT2D eigenvalue weighted by Gasteiger charge is 2.10. The molecule has 22 heavy (non-hydrogen) atoms. The van der Waals surface area contributed by atoms with Crippen molar-refractivity contribution in [3.63, 3.8) is 0 Å². The van der Waals surface area contributed by atoms with Crippen molar-refractivity contribution in [2.45, 2.75) is 0 Å². The summed E-state index contributed by atoms with van der Waals surface area (Å²) in [5.41, 5.74) is 6.31. The van der Waals surface area contributed by atoms with Gasteiger partial charge < -0.3 is 0 Å². The molecule has 0 aliphatic rings. The van der Waals surface area contributed by atoms with Gasteiger partial charge in [-0.05, 0) is 29.8 Å². The first kappa shape index (κ1) is 14.6. The summed E-state index contributed by atoms with van der Waals surface area (Å²) in [7, 11) is -3.05. The number of fused-ring (bicyclic) bond motifs is 1. The fourth-order valence-electron chi connectivity index (χ4n) is 2.36. The van der Waals surface area contributed by atoms with Crippen molar-refractivity contribution in [2.75, 3.05) is 0 Å². The number of aromatic nitrogens is 1. The Morgan fingerprint density at radius 1 is 1.09 bits per heavy atom. The van der Waals surface area contributed by atoms with E-state index in [2.05, 4.69) is 17.3 Å². The molecule has 0 aliphatic carbocycles. The summed E-state index contributed by atoms with van der Waals surface area (Å²) in [6, 6.07) is 14.3. The molecule has 0 amide bonds. The van der Waals surface area contributed by atoms with Crippen LogP contribution in [0.3, 0.4) is 0 Å². The second kappa shape index (κ2) is 6.19. The van der Waals surface area contributed by atoms with Crippen molar-refractivity contribution in [3.8, 4) is 11.1 Å². The number of para-hydroxylation sites is 1. The molecule has 0 spiro atoms. The second-order valence-corrected chi connectivity index (χ2v) is 5.76. The highest BCUT2D eigenvalue weighted by atomic mass is 31.2. The van der Waals surface area contributed by atoms with Crippen LogP contribution in [0.15, 0.2) is 67.0 Å². The van der Waals surface area contributed by atoms with Crippen molar-refractivity contribution in [1.82, 2.24) is 4.98 Å². The molecule has 0 atom stereocenters. The molecule has 0 radical (unpaired) electrons. The number of benzene rings is 2. The van der Waals surface area contributed by atoms with Crippen LogP contribution < -0.4 is 5.30 Å². The van der Waals surface area contributed by atoms with Gasteiger partial charge in [0.25, 0.3) is 8.54 Å². The van der Waals surface area contributed by atoms with E-state index in [0.29, 0.717) is 0 Å². The van der Waals surface area contributed by atoms with E-state index in [1.165, 1.54) is 12.1 Å². The SMILES string of the molecule is C=C=Cc1cnc2c(-c3ccc(P(F)F)cc3)cccc2c1. The number of nitrogens with zero attached hydrogens (tertiary/aromatic N) is 1. The first-order valence-corrected chi connectivity index (χ1v) is 7.78. The molecule has 0 fully saturated rings. The van der Waals surface area contributed by atoms with E-state index in [-0.39, 0.29) is 5.30 Å². The average Bonchev–Trinajstić information content (AvgIpc) is 2.54. The third-order valence-electron chi connectivity index (χ3n) is 3.37. The van der Waals surface area contributed by atoms with E-state index in [0.717, 1.165) is 27.6 Å². The Kier molecular flexibility index (Phi) is 4.11. The van der Waals surface area contributed by atoms with E-state index in [1.54, 1.807) is 24.4 Å². The molecule has 1 heterocycles. The quantitative estimate of drug-likeness (QED) is 0.455. The molecule has 0 bridgehead atoms. The van der Waals surface area contributed by atoms with Crippen molar-refractivity contribution >= 4 is 30.8 Å². The van der Waals surface area contributed by atoms with Crippen molar-refractivity contribution in [3.05, 3.63) is 72.6 Å². The van der Waals surface area contributed by atoms with Crippen LogP contribution in [0.1, 0.15) is 5.56 Å². The highest BCUT2D eigenvalue weighted by molar-refractivity contribution is 7.55. The standard InChI is InChI=1S/C18H12F2NP/c1-2-4-13-11-15-5-3-6-17(18(15)21-12-13)14-7-9-16(10-8-14)22(19)20/h3-12H,1H2. The maximum Gasteiger partial charge on any atom is 0.298 e. The Hall–Kier alpha value is -2.34. The lowest BCUT2D eigenvalue weighted by atomic mass is 10.0. The Balaban J connectivity index is 2.12. The zero-order valence-electron chi connectivity index (χ0n) is 11.6. The molecule has 3 rings (SSSR count). The smallest absolute Gasteiger partial charge is 0.255 e. The Labute approximate surface area is 128 Å². The lowest BCUT2D eigenvalue weighted by Crippen LogP contribution is -1.94. The predicted octanol–water partition coefficient (Wildman–Crippen LogP) is 5.58. The fourth-order valence-corrected chi connectivity index (χ4v) is 2.74. The fraction of sp³-hybridized carbons (Fsp3) is 0. The van der Waals surface area contributed by atoms with Crippen LogP contribution in [-0.2, 0) is 0 Å². The van der Waals surface area contributed by atoms with Gasteiger partial charge in [0.15, 0.2) is 0 Å². The topological polar surface area (TPSA) is 12.9 Å². The summed E-state index contributed by atoms with van der Waals surface area (Å²) in [6.07, 6.45) is 3.51. The molecule has 0 aliphatic heterocycles. The lowest BCUT2D eigenvalue weighted by molar-refractivity contribution is 0.763. The molecule has 0 saturated heterocycles. The Morgan fingerprint density at radius 3 is 2.55 bits per heavy atom. The van der Waals surface area contributed by atoms with E-state index in [1.807, 2.05) is 24.3 Å². The zero-order valence-corrected chi connectivity index (χ0v) is 12.5. The van der Waals surface area contributed by atoms with Crippen molar-refractivity contribution in [2.24, 2.45) is 0 Å². The molecular weight excluding hydrogens is 299 g/mol. The van der Waals surface area contributed by atoms with Gasteiger partial charge in [-0.15, -0.1) is 5.73 Å². The van der Waals surface area contributed by atoms with E-state index in [9.17, 15) is 8.39 Å². The first-order valence-electron chi connectivity index (χ1n) is 6.66. The van der Waals surface area contributed by atoms with E-state index >= 15 is 0 Å². The first-order chi connectivity index (χ1) is 10.7. The molecule has 3 aromatic rings. The summed E-state index contributed by atoms with van der Waals surface area (Å²) in [5.74, 6) is 0. The average molecular weight is 311 g/mol. The van der Waals surface area contributed by atoms with Crippen molar-refractivity contribution < 1.29 is 8.39 Å². The maximum atomic E-state index is 12.7. The summed E-state index contributed by atoms with van der Waals surface area (Å²) in [5, 5.41) is 1.08. The van der Waals surface area contributed by atoms with Gasteiger partial charge in [0.05, 0.1) is 5.52 Å². The van der Waals surface area contributed by atoms with Crippen molar-refractivity contribution in [1.29, 1.82) is 0 Å². The van der Waals surface area contributed by atoms with Crippen LogP contribution in [0.4, 0.5) is 8.39 Å². The minimum atomic E-state index is -3.05. The monoisotopic (exact) mass is 311 g/mol. The van der Waals surface area contributed by atoms with E-state index in [4.69, 9.17) is 0 Å². The third kappa shape index (κ3) is 2.82. The van der Waals surface area contributed by atoms with Crippen LogP contribution in [-0.4, -0.2) is 4.98 Å². The van der Waals surface area contributed by atoms with E-state index < -0.39 is 8.54 Å². The molecule has 0 unspecified atom stereocenters. The molecule has 0 saturated carbocycles. The second-order valence-electron chi connectivity index (χ2n) is 4.77. The highest BCUT2D eigenvalue weighted by Crippen LogP contribution is 2.37. The normalized spacial score (nSPS) is 10.7. The Bertz CT molecular complexity index is 866. The van der Waals surface area contributed by atoms with Gasteiger partial charge in [0.2, 0.25) is 0 Å². The van der Waals surface area contributed by atoms with Gasteiger partial charge >= 0.3 is 0 Å².